The summed E-state index contributed by atoms with van der Waals surface area (Å²) in [6.07, 6.45) is 5.40. The van der Waals surface area contributed by atoms with Crippen molar-refractivity contribution in [3.8, 4) is 0 Å². The van der Waals surface area contributed by atoms with Gasteiger partial charge in [0.15, 0.2) is 0 Å². The Morgan fingerprint density at radius 1 is 0.567 bits per heavy atom. The zero-order valence-corrected chi connectivity index (χ0v) is 18.0. The SMILES string of the molecule is O=S1C2=C(Cc3ccccc3)C(Cc3ccccc3)=C1CCc1cccc(c1)CC2. The minimum Gasteiger partial charge on any atom is -0.250 e. The van der Waals surface area contributed by atoms with Crippen molar-refractivity contribution < 1.29 is 4.21 Å². The third-order valence-corrected chi connectivity index (χ3v) is 8.00. The summed E-state index contributed by atoms with van der Waals surface area (Å²) in [4.78, 5) is 2.32. The van der Waals surface area contributed by atoms with E-state index in [1.165, 1.54) is 33.4 Å². The highest BCUT2D eigenvalue weighted by Crippen LogP contribution is 2.41. The van der Waals surface area contributed by atoms with Crippen LogP contribution in [0.4, 0.5) is 0 Å². The molecule has 2 aliphatic heterocycles. The van der Waals surface area contributed by atoms with E-state index in [0.717, 1.165) is 48.3 Å². The van der Waals surface area contributed by atoms with E-state index >= 15 is 0 Å². The molecule has 0 N–H and O–H groups in total. The van der Waals surface area contributed by atoms with E-state index in [9.17, 15) is 4.21 Å². The Morgan fingerprint density at radius 3 is 1.50 bits per heavy atom. The Hall–Kier alpha value is -2.71. The van der Waals surface area contributed by atoms with Crippen molar-refractivity contribution in [1.29, 1.82) is 0 Å². The van der Waals surface area contributed by atoms with Crippen LogP contribution in [0.3, 0.4) is 0 Å². The molecule has 4 bridgehead atoms. The fraction of sp³-hybridized carbons (Fsp3) is 0.214. The molecule has 2 heteroatoms. The van der Waals surface area contributed by atoms with Crippen molar-refractivity contribution in [1.82, 2.24) is 0 Å². The van der Waals surface area contributed by atoms with Gasteiger partial charge in [0.1, 0.15) is 0 Å². The van der Waals surface area contributed by atoms with Crippen molar-refractivity contribution in [3.05, 3.63) is 128 Å². The molecule has 0 spiro atoms. The molecule has 0 unspecified atom stereocenters. The molecule has 0 radical (unpaired) electrons. The first kappa shape index (κ1) is 19.3. The average molecular weight is 411 g/mol. The summed E-state index contributed by atoms with van der Waals surface area (Å²) in [7, 11) is -1.00. The van der Waals surface area contributed by atoms with Crippen LogP contribution in [0, 0.1) is 0 Å². The van der Waals surface area contributed by atoms with E-state index in [2.05, 4.69) is 84.9 Å². The molecule has 3 aromatic carbocycles. The number of rotatable bonds is 4. The van der Waals surface area contributed by atoms with Gasteiger partial charge < -0.3 is 0 Å². The summed E-state index contributed by atoms with van der Waals surface area (Å²) in [6, 6.07) is 30.2. The number of aryl methyl sites for hydroxylation is 2. The standard InChI is InChI=1S/C28H26OS/c29-30-27-16-14-23-12-7-13-24(18-23)15-17-28(30)26(20-22-10-5-2-6-11-22)25(27)19-21-8-3-1-4-9-21/h1-13,18H,14-17,19-20H2. The molecule has 0 aliphatic carbocycles. The number of hydrogen-bond acceptors (Lipinski definition) is 1. The minimum absolute atomic E-state index is 0.866. The lowest BCUT2D eigenvalue weighted by atomic mass is 9.91. The molecular formula is C28H26OS. The lowest BCUT2D eigenvalue weighted by Crippen LogP contribution is -2.02. The van der Waals surface area contributed by atoms with Crippen LogP contribution in [0.5, 0.6) is 0 Å². The molecule has 0 amide bonds. The monoisotopic (exact) mass is 410 g/mol. The molecule has 0 atom stereocenters. The van der Waals surface area contributed by atoms with Gasteiger partial charge in [0.2, 0.25) is 0 Å². The van der Waals surface area contributed by atoms with Gasteiger partial charge in [-0.25, -0.2) is 4.21 Å². The summed E-state index contributed by atoms with van der Waals surface area (Å²) >= 11 is 0. The topological polar surface area (TPSA) is 17.1 Å². The summed E-state index contributed by atoms with van der Waals surface area (Å²) in [6.45, 7) is 0. The van der Waals surface area contributed by atoms with Crippen molar-refractivity contribution in [3.63, 3.8) is 0 Å². The molecule has 2 heterocycles. The van der Waals surface area contributed by atoms with Gasteiger partial charge >= 0.3 is 0 Å². The third-order valence-electron chi connectivity index (χ3n) is 6.21. The first-order valence-corrected chi connectivity index (χ1v) is 11.9. The van der Waals surface area contributed by atoms with E-state index < -0.39 is 10.8 Å². The van der Waals surface area contributed by atoms with E-state index in [4.69, 9.17) is 0 Å². The van der Waals surface area contributed by atoms with Gasteiger partial charge in [0.05, 0.1) is 10.8 Å². The second-order valence-corrected chi connectivity index (χ2v) is 9.74. The lowest BCUT2D eigenvalue weighted by molar-refractivity contribution is 0.687. The first-order chi connectivity index (χ1) is 14.8. The van der Waals surface area contributed by atoms with Gasteiger partial charge in [-0.3, -0.25) is 0 Å². The molecule has 0 saturated heterocycles. The molecule has 0 aromatic heterocycles. The summed E-state index contributed by atoms with van der Waals surface area (Å²) in [5.74, 6) is 0. The van der Waals surface area contributed by atoms with Crippen molar-refractivity contribution >= 4 is 10.8 Å². The molecule has 150 valence electrons. The molecule has 3 aromatic rings. The maximum atomic E-state index is 13.7. The Bertz CT molecular complexity index is 1050. The maximum Gasteiger partial charge on any atom is 0.0773 e. The van der Waals surface area contributed by atoms with Crippen molar-refractivity contribution in [2.45, 2.75) is 38.5 Å². The molecule has 30 heavy (non-hydrogen) atoms. The molecule has 2 aliphatic rings. The first-order valence-electron chi connectivity index (χ1n) is 10.8. The predicted molar refractivity (Wildman–Crippen MR) is 126 cm³/mol. The molecule has 5 rings (SSSR count). The summed E-state index contributed by atoms with van der Waals surface area (Å²) in [5, 5.41) is 0. The molecule has 0 saturated carbocycles. The van der Waals surface area contributed by atoms with E-state index in [-0.39, 0.29) is 0 Å². The van der Waals surface area contributed by atoms with Crippen molar-refractivity contribution in [2.24, 2.45) is 0 Å². The Morgan fingerprint density at radius 2 is 1.03 bits per heavy atom. The summed E-state index contributed by atoms with van der Waals surface area (Å²) in [5.41, 5.74) is 7.96. The normalized spacial score (nSPS) is 16.8. The molecule has 0 fully saturated rings. The van der Waals surface area contributed by atoms with Crippen LogP contribution < -0.4 is 0 Å². The highest BCUT2D eigenvalue weighted by Gasteiger charge is 2.31. The Balaban J connectivity index is 1.60. The molecule has 1 nitrogen and oxygen atoms in total. The minimum atomic E-state index is -1.00. The second kappa shape index (κ2) is 8.57. The van der Waals surface area contributed by atoms with Crippen LogP contribution in [0.2, 0.25) is 0 Å². The fourth-order valence-corrected chi connectivity index (χ4v) is 6.37. The number of hydrogen-bond donors (Lipinski definition) is 0. The highest BCUT2D eigenvalue weighted by atomic mass is 32.2. The van der Waals surface area contributed by atoms with Crippen LogP contribution in [-0.4, -0.2) is 4.21 Å². The van der Waals surface area contributed by atoms with Gasteiger partial charge in [0.25, 0.3) is 0 Å². The average Bonchev–Trinajstić information content (AvgIpc) is 3.01. The number of allylic oxidation sites excluding steroid dienone is 4. The zero-order valence-electron chi connectivity index (χ0n) is 17.1. The van der Waals surface area contributed by atoms with Crippen molar-refractivity contribution in [2.75, 3.05) is 0 Å². The second-order valence-electron chi connectivity index (χ2n) is 8.22. The highest BCUT2D eigenvalue weighted by molar-refractivity contribution is 7.93. The summed E-state index contributed by atoms with van der Waals surface area (Å²) < 4.78 is 13.7. The quantitative estimate of drug-likeness (QED) is 0.492. The maximum absolute atomic E-state index is 13.7. The number of fused-ring (bicyclic) bond motifs is 4. The van der Waals surface area contributed by atoms with E-state index in [1.54, 1.807) is 0 Å². The van der Waals surface area contributed by atoms with Gasteiger partial charge in [-0.05, 0) is 71.9 Å². The third kappa shape index (κ3) is 3.97. The Labute approximate surface area is 181 Å². The van der Waals surface area contributed by atoms with Crippen LogP contribution in [-0.2, 0) is 36.5 Å². The lowest BCUT2D eigenvalue weighted by Gasteiger charge is -2.12. The van der Waals surface area contributed by atoms with Crippen LogP contribution in [0.15, 0.2) is 106 Å². The largest absolute Gasteiger partial charge is 0.250 e. The van der Waals surface area contributed by atoms with E-state index in [1.807, 2.05) is 0 Å². The van der Waals surface area contributed by atoms with Gasteiger partial charge in [-0.1, -0.05) is 84.9 Å². The molecular weight excluding hydrogens is 384 g/mol. The number of benzene rings is 3. The van der Waals surface area contributed by atoms with Gasteiger partial charge in [-0.2, -0.15) is 0 Å². The Kier molecular flexibility index (Phi) is 5.50. The van der Waals surface area contributed by atoms with Gasteiger partial charge in [-0.15, -0.1) is 0 Å². The smallest absolute Gasteiger partial charge is 0.0773 e. The van der Waals surface area contributed by atoms with Crippen LogP contribution in [0.1, 0.15) is 35.1 Å². The fourth-order valence-electron chi connectivity index (χ4n) is 4.66. The van der Waals surface area contributed by atoms with Gasteiger partial charge in [0, 0.05) is 9.81 Å². The van der Waals surface area contributed by atoms with E-state index in [0.29, 0.717) is 0 Å². The van der Waals surface area contributed by atoms with Crippen LogP contribution >= 0.6 is 0 Å². The zero-order chi connectivity index (χ0) is 20.3. The predicted octanol–water partition coefficient (Wildman–Crippen LogP) is 6.32. The van der Waals surface area contributed by atoms with Crippen LogP contribution in [0.25, 0.3) is 0 Å².